The van der Waals surface area contributed by atoms with Crippen LogP contribution in [0.3, 0.4) is 0 Å². The van der Waals surface area contributed by atoms with Crippen molar-refractivity contribution in [1.29, 1.82) is 0 Å². The molecule has 1 aromatic heterocycles. The van der Waals surface area contributed by atoms with Crippen molar-refractivity contribution in [2.75, 3.05) is 14.2 Å². The highest BCUT2D eigenvalue weighted by atomic mass is 16.5. The van der Waals surface area contributed by atoms with Crippen LogP contribution in [0.2, 0.25) is 0 Å². The summed E-state index contributed by atoms with van der Waals surface area (Å²) in [5.41, 5.74) is 9.62. The van der Waals surface area contributed by atoms with E-state index in [2.05, 4.69) is 5.10 Å². The first kappa shape index (κ1) is 13.4. The van der Waals surface area contributed by atoms with E-state index in [-0.39, 0.29) is 0 Å². The Morgan fingerprint density at radius 1 is 1.21 bits per heavy atom. The second kappa shape index (κ2) is 5.32. The predicted molar refractivity (Wildman–Crippen MR) is 74.0 cm³/mol. The molecule has 0 aliphatic carbocycles. The van der Waals surface area contributed by atoms with Crippen molar-refractivity contribution in [3.05, 3.63) is 35.2 Å². The number of nitrogens with zero attached hydrogens (tertiary/aromatic N) is 2. The minimum absolute atomic E-state index is 0.476. The summed E-state index contributed by atoms with van der Waals surface area (Å²) >= 11 is 0. The third-order valence-corrected chi connectivity index (χ3v) is 3.26. The van der Waals surface area contributed by atoms with Gasteiger partial charge in [-0.25, -0.2) is 4.68 Å². The molecule has 0 fully saturated rings. The van der Waals surface area contributed by atoms with Crippen LogP contribution in [0.25, 0.3) is 5.69 Å². The number of aryl methyl sites for hydroxylation is 1. The Morgan fingerprint density at radius 3 is 2.47 bits per heavy atom. The van der Waals surface area contributed by atoms with E-state index in [0.717, 1.165) is 34.1 Å². The second-order valence-electron chi connectivity index (χ2n) is 4.30. The van der Waals surface area contributed by atoms with Gasteiger partial charge in [-0.2, -0.15) is 5.10 Å². The fourth-order valence-corrected chi connectivity index (χ4v) is 2.17. The van der Waals surface area contributed by atoms with Crippen molar-refractivity contribution in [2.24, 2.45) is 5.73 Å². The van der Waals surface area contributed by atoms with Crippen LogP contribution in [0.4, 0.5) is 0 Å². The Labute approximate surface area is 112 Å². The van der Waals surface area contributed by atoms with Crippen LogP contribution in [-0.4, -0.2) is 24.0 Å². The van der Waals surface area contributed by atoms with Gasteiger partial charge in [0.05, 0.1) is 19.9 Å². The van der Waals surface area contributed by atoms with E-state index in [4.69, 9.17) is 15.2 Å². The summed E-state index contributed by atoms with van der Waals surface area (Å²) < 4.78 is 12.5. The monoisotopic (exact) mass is 261 g/mol. The normalized spacial score (nSPS) is 10.6. The number of ether oxygens (including phenoxy) is 2. The van der Waals surface area contributed by atoms with E-state index < -0.39 is 0 Å². The number of methoxy groups -OCH3 is 2. The first-order valence-corrected chi connectivity index (χ1v) is 6.10. The van der Waals surface area contributed by atoms with Gasteiger partial charge in [0.25, 0.3) is 0 Å². The molecule has 5 nitrogen and oxygen atoms in total. The molecule has 2 aromatic rings. The van der Waals surface area contributed by atoms with Gasteiger partial charge >= 0.3 is 0 Å². The lowest BCUT2D eigenvalue weighted by Gasteiger charge is -2.12. The van der Waals surface area contributed by atoms with E-state index in [0.29, 0.717) is 6.54 Å². The maximum atomic E-state index is 5.76. The lowest BCUT2D eigenvalue weighted by molar-refractivity contribution is 0.400. The zero-order valence-corrected chi connectivity index (χ0v) is 11.7. The smallest absolute Gasteiger partial charge is 0.144 e. The van der Waals surface area contributed by atoms with Crippen molar-refractivity contribution >= 4 is 0 Å². The third-order valence-electron chi connectivity index (χ3n) is 3.26. The highest BCUT2D eigenvalue weighted by Crippen LogP contribution is 2.29. The van der Waals surface area contributed by atoms with Crippen LogP contribution >= 0.6 is 0 Å². The summed E-state index contributed by atoms with van der Waals surface area (Å²) in [4.78, 5) is 0. The number of rotatable bonds is 4. The molecule has 19 heavy (non-hydrogen) atoms. The molecular formula is C14H19N3O2. The van der Waals surface area contributed by atoms with E-state index in [1.54, 1.807) is 14.2 Å². The maximum absolute atomic E-state index is 5.76. The molecule has 1 aromatic carbocycles. The second-order valence-corrected chi connectivity index (χ2v) is 4.30. The van der Waals surface area contributed by atoms with Crippen molar-refractivity contribution in [3.8, 4) is 17.2 Å². The van der Waals surface area contributed by atoms with Crippen molar-refractivity contribution in [1.82, 2.24) is 9.78 Å². The zero-order chi connectivity index (χ0) is 14.0. The molecule has 0 saturated carbocycles. The summed E-state index contributed by atoms with van der Waals surface area (Å²) in [5.74, 6) is 1.51. The van der Waals surface area contributed by atoms with E-state index in [1.165, 1.54) is 0 Å². The summed E-state index contributed by atoms with van der Waals surface area (Å²) in [6.45, 7) is 4.43. The third kappa shape index (κ3) is 2.29. The molecule has 0 aliphatic heterocycles. The maximum Gasteiger partial charge on any atom is 0.144 e. The average molecular weight is 261 g/mol. The first-order chi connectivity index (χ1) is 9.12. The predicted octanol–water partition coefficient (Wildman–Crippen LogP) is 1.97. The van der Waals surface area contributed by atoms with Crippen LogP contribution in [0.15, 0.2) is 18.2 Å². The highest BCUT2D eigenvalue weighted by molar-refractivity contribution is 5.52. The van der Waals surface area contributed by atoms with E-state index in [9.17, 15) is 0 Å². The number of aromatic nitrogens is 2. The fourth-order valence-electron chi connectivity index (χ4n) is 2.17. The van der Waals surface area contributed by atoms with Gasteiger partial charge in [-0.3, -0.25) is 0 Å². The van der Waals surface area contributed by atoms with Crippen LogP contribution in [0, 0.1) is 13.8 Å². The topological polar surface area (TPSA) is 62.3 Å². The Bertz CT molecular complexity index is 591. The molecule has 0 radical (unpaired) electrons. The Morgan fingerprint density at radius 2 is 1.95 bits per heavy atom. The zero-order valence-electron chi connectivity index (χ0n) is 11.7. The molecule has 5 heteroatoms. The Hall–Kier alpha value is -2.01. The van der Waals surface area contributed by atoms with Gasteiger partial charge in [-0.15, -0.1) is 0 Å². The van der Waals surface area contributed by atoms with Crippen molar-refractivity contribution < 1.29 is 9.47 Å². The van der Waals surface area contributed by atoms with Crippen LogP contribution < -0.4 is 15.2 Å². The van der Waals surface area contributed by atoms with Gasteiger partial charge in [0, 0.05) is 23.9 Å². The van der Waals surface area contributed by atoms with E-state index >= 15 is 0 Å². The number of nitrogens with two attached hydrogens (primary N) is 1. The molecule has 102 valence electrons. The fraction of sp³-hybridized carbons (Fsp3) is 0.357. The van der Waals surface area contributed by atoms with Crippen LogP contribution in [0.1, 0.15) is 17.0 Å². The SMILES string of the molecule is COc1ccc(OC)c(-n2nc(C)c(CN)c2C)c1. The van der Waals surface area contributed by atoms with Gasteiger partial charge in [0.15, 0.2) is 0 Å². The molecule has 0 spiro atoms. The van der Waals surface area contributed by atoms with Gasteiger partial charge in [-0.05, 0) is 26.0 Å². The largest absolute Gasteiger partial charge is 0.497 e. The van der Waals surface area contributed by atoms with Gasteiger partial charge in [0.1, 0.15) is 17.2 Å². The average Bonchev–Trinajstić information content (AvgIpc) is 2.72. The minimum Gasteiger partial charge on any atom is -0.497 e. The summed E-state index contributed by atoms with van der Waals surface area (Å²) in [6, 6.07) is 5.63. The molecule has 1 heterocycles. The van der Waals surface area contributed by atoms with E-state index in [1.807, 2.05) is 36.7 Å². The molecule has 0 saturated heterocycles. The summed E-state index contributed by atoms with van der Waals surface area (Å²) in [5, 5.41) is 4.54. The number of hydrogen-bond acceptors (Lipinski definition) is 4. The summed E-state index contributed by atoms with van der Waals surface area (Å²) in [6.07, 6.45) is 0. The molecule has 0 aliphatic rings. The van der Waals surface area contributed by atoms with Crippen molar-refractivity contribution in [3.63, 3.8) is 0 Å². The number of hydrogen-bond donors (Lipinski definition) is 1. The lowest BCUT2D eigenvalue weighted by atomic mass is 10.2. The molecular weight excluding hydrogens is 242 g/mol. The van der Waals surface area contributed by atoms with Crippen LogP contribution in [-0.2, 0) is 6.54 Å². The van der Waals surface area contributed by atoms with Gasteiger partial charge < -0.3 is 15.2 Å². The molecule has 2 rings (SSSR count). The molecule has 0 atom stereocenters. The lowest BCUT2D eigenvalue weighted by Crippen LogP contribution is -2.04. The first-order valence-electron chi connectivity index (χ1n) is 6.10. The summed E-state index contributed by atoms with van der Waals surface area (Å²) in [7, 11) is 3.28. The van der Waals surface area contributed by atoms with Gasteiger partial charge in [0.2, 0.25) is 0 Å². The minimum atomic E-state index is 0.476. The quantitative estimate of drug-likeness (QED) is 0.914. The van der Waals surface area contributed by atoms with Crippen molar-refractivity contribution in [2.45, 2.75) is 20.4 Å². The highest BCUT2D eigenvalue weighted by Gasteiger charge is 2.15. The number of benzene rings is 1. The molecule has 0 bridgehead atoms. The standard InChI is InChI=1S/C14H19N3O2/c1-9-12(8-15)10(2)17(16-9)13-7-11(18-3)5-6-14(13)19-4/h5-7H,8,15H2,1-4H3. The molecule has 0 unspecified atom stereocenters. The molecule has 2 N–H and O–H groups in total. The Balaban J connectivity index is 2.63. The Kier molecular flexibility index (Phi) is 3.76. The molecule has 0 amide bonds. The van der Waals surface area contributed by atoms with Gasteiger partial charge in [-0.1, -0.05) is 0 Å². The van der Waals surface area contributed by atoms with Crippen LogP contribution in [0.5, 0.6) is 11.5 Å².